The monoisotopic (exact) mass is 446 g/mol. The summed E-state index contributed by atoms with van der Waals surface area (Å²) in [7, 11) is 0. The Kier molecular flexibility index (Phi) is 4.66. The minimum absolute atomic E-state index is 0.0137. The second-order valence-electron chi connectivity index (χ2n) is 8.26. The van der Waals surface area contributed by atoms with Crippen molar-refractivity contribution in [1.82, 2.24) is 0 Å². The number of halogens is 1. The van der Waals surface area contributed by atoms with E-state index in [4.69, 9.17) is 9.15 Å². The summed E-state index contributed by atoms with van der Waals surface area (Å²) in [5.74, 6) is 0.952. The summed E-state index contributed by atoms with van der Waals surface area (Å²) < 4.78 is 25.9. The van der Waals surface area contributed by atoms with Crippen molar-refractivity contribution in [2.45, 2.75) is 5.60 Å². The van der Waals surface area contributed by atoms with Gasteiger partial charge in [0.25, 0.3) is 0 Å². The summed E-state index contributed by atoms with van der Waals surface area (Å²) in [6.45, 7) is 0. The normalized spacial score (nSPS) is 16.7. The molecule has 4 heteroatoms. The van der Waals surface area contributed by atoms with Gasteiger partial charge in [-0.2, -0.15) is 0 Å². The topological polar surface area (TPSA) is 39.4 Å². The van der Waals surface area contributed by atoms with Crippen molar-refractivity contribution in [1.29, 1.82) is 0 Å². The number of hydrogen-bond acceptors (Lipinski definition) is 3. The van der Waals surface area contributed by atoms with Gasteiger partial charge < -0.3 is 9.15 Å². The lowest BCUT2D eigenvalue weighted by atomic mass is 9.86. The van der Waals surface area contributed by atoms with Gasteiger partial charge in [-0.15, -0.1) is 0 Å². The first-order valence-electron chi connectivity index (χ1n) is 11.0. The van der Waals surface area contributed by atoms with E-state index in [9.17, 15) is 9.18 Å². The molecule has 4 aromatic carbocycles. The van der Waals surface area contributed by atoms with Gasteiger partial charge in [-0.1, -0.05) is 60.7 Å². The molecule has 1 unspecified atom stereocenters. The lowest BCUT2D eigenvalue weighted by molar-refractivity contribution is 0.103. The fraction of sp³-hybridized carbons (Fsp3) is 0.0333. The second kappa shape index (κ2) is 7.85. The fourth-order valence-corrected chi connectivity index (χ4v) is 4.52. The maximum absolute atomic E-state index is 13.6. The van der Waals surface area contributed by atoms with Crippen LogP contribution in [0.4, 0.5) is 4.39 Å². The molecule has 0 spiro atoms. The van der Waals surface area contributed by atoms with Crippen LogP contribution in [0.25, 0.3) is 16.8 Å². The van der Waals surface area contributed by atoms with Crippen molar-refractivity contribution in [3.63, 3.8) is 0 Å². The largest absolute Gasteiger partial charge is 0.470 e. The van der Waals surface area contributed by atoms with Crippen molar-refractivity contribution in [2.24, 2.45) is 0 Å². The molecule has 0 bridgehead atoms. The van der Waals surface area contributed by atoms with E-state index in [-0.39, 0.29) is 11.6 Å². The van der Waals surface area contributed by atoms with Gasteiger partial charge in [0.15, 0.2) is 11.5 Å². The van der Waals surface area contributed by atoms with Gasteiger partial charge in [0.1, 0.15) is 11.6 Å². The molecule has 34 heavy (non-hydrogen) atoms. The Morgan fingerprint density at radius 1 is 0.794 bits per heavy atom. The summed E-state index contributed by atoms with van der Waals surface area (Å²) in [6, 6.07) is 28.7. The third-order valence-corrected chi connectivity index (χ3v) is 6.24. The number of benzene rings is 4. The molecule has 0 aliphatic carbocycles. The van der Waals surface area contributed by atoms with E-state index in [0.717, 1.165) is 21.9 Å². The van der Waals surface area contributed by atoms with Crippen molar-refractivity contribution in [3.8, 4) is 5.75 Å². The van der Waals surface area contributed by atoms with Crippen molar-refractivity contribution < 1.29 is 18.3 Å². The highest BCUT2D eigenvalue weighted by Gasteiger charge is 2.40. The van der Waals surface area contributed by atoms with Crippen LogP contribution in [0, 0.1) is 5.82 Å². The van der Waals surface area contributed by atoms with E-state index in [2.05, 4.69) is 0 Å². The van der Waals surface area contributed by atoms with E-state index < -0.39 is 5.60 Å². The first kappa shape index (κ1) is 20.2. The summed E-state index contributed by atoms with van der Waals surface area (Å²) in [6.07, 6.45) is 5.54. The number of ether oxygens (including phenoxy) is 1. The summed E-state index contributed by atoms with van der Waals surface area (Å²) in [4.78, 5) is 12.9. The Balaban J connectivity index is 1.44. The van der Waals surface area contributed by atoms with Gasteiger partial charge >= 0.3 is 0 Å². The lowest BCUT2D eigenvalue weighted by Crippen LogP contribution is -2.33. The maximum atomic E-state index is 13.6. The third-order valence-electron chi connectivity index (χ3n) is 6.24. The molecule has 1 aliphatic heterocycles. The lowest BCUT2D eigenvalue weighted by Gasteiger charge is -2.34. The van der Waals surface area contributed by atoms with Crippen molar-refractivity contribution in [3.05, 3.63) is 143 Å². The van der Waals surface area contributed by atoms with Crippen LogP contribution in [-0.2, 0) is 5.60 Å². The highest BCUT2D eigenvalue weighted by atomic mass is 19.1. The van der Waals surface area contributed by atoms with Gasteiger partial charge in [0, 0.05) is 22.3 Å². The van der Waals surface area contributed by atoms with Gasteiger partial charge in [0.2, 0.25) is 5.60 Å². The molecule has 2 heterocycles. The fourth-order valence-electron chi connectivity index (χ4n) is 4.52. The van der Waals surface area contributed by atoms with E-state index in [1.807, 2.05) is 78.9 Å². The number of fused-ring (bicyclic) bond motifs is 3. The molecule has 1 aromatic heterocycles. The minimum atomic E-state index is -1.01. The average molecular weight is 446 g/mol. The first-order valence-corrected chi connectivity index (χ1v) is 11.0. The molecule has 0 radical (unpaired) electrons. The average Bonchev–Trinajstić information content (AvgIpc) is 3.44. The van der Waals surface area contributed by atoms with Crippen molar-refractivity contribution in [2.75, 3.05) is 0 Å². The quantitative estimate of drug-likeness (QED) is 0.275. The van der Waals surface area contributed by atoms with E-state index in [0.29, 0.717) is 22.6 Å². The standard InChI is InChI=1S/C30H19FO3/c31-24-12-10-23(11-13-24)30(28-7-4-18-33-28)17-16-26-25-14-8-22(19-21(25)9-15-27(26)34-30)29(32)20-5-2-1-3-6-20/h1-19H. The predicted molar refractivity (Wildman–Crippen MR) is 129 cm³/mol. The van der Waals surface area contributed by atoms with E-state index in [1.165, 1.54) is 12.1 Å². The smallest absolute Gasteiger partial charge is 0.210 e. The molecule has 5 aromatic rings. The molecule has 0 amide bonds. The number of hydrogen-bond donors (Lipinski definition) is 0. The van der Waals surface area contributed by atoms with Gasteiger partial charge in [-0.05, 0) is 59.3 Å². The van der Waals surface area contributed by atoms with E-state index >= 15 is 0 Å². The molecule has 0 saturated carbocycles. The number of ketones is 1. The molecule has 164 valence electrons. The molecule has 1 atom stereocenters. The number of furan rings is 1. The van der Waals surface area contributed by atoms with Crippen LogP contribution >= 0.6 is 0 Å². The zero-order valence-electron chi connectivity index (χ0n) is 18.1. The molecular formula is C30H19FO3. The maximum Gasteiger partial charge on any atom is 0.210 e. The molecule has 0 N–H and O–H groups in total. The Morgan fingerprint density at radius 3 is 2.38 bits per heavy atom. The van der Waals surface area contributed by atoms with Gasteiger partial charge in [0.05, 0.1) is 6.26 Å². The number of carbonyl (C=O) groups excluding carboxylic acids is 1. The molecular weight excluding hydrogens is 427 g/mol. The first-order chi connectivity index (χ1) is 16.6. The Hall–Kier alpha value is -4.44. The summed E-state index contributed by atoms with van der Waals surface area (Å²) in [5, 5.41) is 1.92. The Morgan fingerprint density at radius 2 is 1.62 bits per heavy atom. The van der Waals surface area contributed by atoms with E-state index in [1.54, 1.807) is 24.5 Å². The van der Waals surface area contributed by atoms with Gasteiger partial charge in [-0.25, -0.2) is 4.39 Å². The Labute approximate surface area is 195 Å². The predicted octanol–water partition coefficient (Wildman–Crippen LogP) is 7.15. The van der Waals surface area contributed by atoms with Crippen LogP contribution in [0.1, 0.15) is 32.8 Å². The highest BCUT2D eigenvalue weighted by Crippen LogP contribution is 2.44. The summed E-state index contributed by atoms with van der Waals surface area (Å²) in [5.41, 5.74) is 1.96. The van der Waals surface area contributed by atoms with Gasteiger partial charge in [-0.3, -0.25) is 4.79 Å². The van der Waals surface area contributed by atoms with Crippen LogP contribution < -0.4 is 4.74 Å². The van der Waals surface area contributed by atoms with Crippen LogP contribution in [0.2, 0.25) is 0 Å². The van der Waals surface area contributed by atoms with Crippen LogP contribution in [0.15, 0.2) is 114 Å². The van der Waals surface area contributed by atoms with Crippen LogP contribution in [0.3, 0.4) is 0 Å². The zero-order chi connectivity index (χ0) is 23.1. The SMILES string of the molecule is O=C(c1ccccc1)c1ccc2c3c(ccc2c1)OC(c1ccc(F)cc1)(c1ccco1)C=C3. The zero-order valence-corrected chi connectivity index (χ0v) is 18.1. The van der Waals surface area contributed by atoms with Crippen LogP contribution in [0.5, 0.6) is 5.75 Å². The summed E-state index contributed by atoms with van der Waals surface area (Å²) >= 11 is 0. The molecule has 6 rings (SSSR count). The minimum Gasteiger partial charge on any atom is -0.470 e. The molecule has 0 saturated heterocycles. The number of rotatable bonds is 4. The molecule has 1 aliphatic rings. The third kappa shape index (κ3) is 3.23. The Bertz CT molecular complexity index is 1530. The molecule has 0 fully saturated rings. The highest BCUT2D eigenvalue weighted by molar-refractivity contribution is 6.11. The van der Waals surface area contributed by atoms with Crippen molar-refractivity contribution >= 4 is 22.6 Å². The number of carbonyl (C=O) groups is 1. The van der Waals surface area contributed by atoms with Crippen LogP contribution in [-0.4, -0.2) is 5.78 Å². The molecule has 3 nitrogen and oxygen atoms in total. The second-order valence-corrected chi connectivity index (χ2v) is 8.26.